The Morgan fingerprint density at radius 2 is 0.712 bits per heavy atom. The number of allylic oxidation sites excluding steroid dienone is 12. The molecule has 1 unspecified atom stereocenters. The molecule has 0 aromatic carbocycles. The second kappa shape index (κ2) is 56.7. The third-order valence-corrected chi connectivity index (χ3v) is 12.2. The van der Waals surface area contributed by atoms with E-state index in [0.717, 1.165) is 64.2 Å². The monoisotopic (exact) mass is 921 g/mol. The smallest absolute Gasteiger partial charge is 0.306 e. The van der Waals surface area contributed by atoms with Crippen LogP contribution in [0, 0.1) is 0 Å². The number of hydrogen-bond acceptors (Lipinski definition) is 5. The van der Waals surface area contributed by atoms with Crippen LogP contribution in [-0.4, -0.2) is 37.9 Å². The molecule has 0 aromatic rings. The number of carbonyl (C=O) groups is 2. The molecule has 0 saturated carbocycles. The van der Waals surface area contributed by atoms with Crippen molar-refractivity contribution in [3.8, 4) is 0 Å². The number of hydrogen-bond donors (Lipinski definition) is 0. The van der Waals surface area contributed by atoms with Crippen LogP contribution in [0.15, 0.2) is 72.9 Å². The lowest BCUT2D eigenvalue weighted by Gasteiger charge is -2.18. The quantitative estimate of drug-likeness (QED) is 0.0346. The second-order valence-electron chi connectivity index (χ2n) is 18.8. The maximum absolute atomic E-state index is 12.8. The first-order chi connectivity index (χ1) is 32.6. The lowest BCUT2D eigenvalue weighted by atomic mass is 10.0. The van der Waals surface area contributed by atoms with Gasteiger partial charge in [0.05, 0.1) is 6.61 Å². The van der Waals surface area contributed by atoms with E-state index in [1.807, 2.05) is 6.08 Å². The SMILES string of the molecule is CC/C=C\C/C=C\C/C=C\C/C=C\CCC(=O)OC(COCCCCCCCCCCCCCCCCCCCCCC)COC(=O)CCCCCCCCC/C=C\C/C=C\CCCCC. The average Bonchev–Trinajstić information content (AvgIpc) is 3.32. The van der Waals surface area contributed by atoms with Crippen molar-refractivity contribution in [2.24, 2.45) is 0 Å². The van der Waals surface area contributed by atoms with Crippen molar-refractivity contribution < 1.29 is 23.8 Å². The highest BCUT2D eigenvalue weighted by Crippen LogP contribution is 2.16. The minimum Gasteiger partial charge on any atom is -0.462 e. The molecular weight excluding hydrogens is 813 g/mol. The van der Waals surface area contributed by atoms with Gasteiger partial charge in [-0.3, -0.25) is 9.59 Å². The zero-order valence-corrected chi connectivity index (χ0v) is 44.0. The van der Waals surface area contributed by atoms with E-state index >= 15 is 0 Å². The minimum absolute atomic E-state index is 0.0531. The Morgan fingerprint density at radius 3 is 1.18 bits per heavy atom. The van der Waals surface area contributed by atoms with Crippen molar-refractivity contribution in [2.45, 2.75) is 284 Å². The first kappa shape index (κ1) is 63.3. The molecule has 0 fully saturated rings. The average molecular weight is 922 g/mol. The van der Waals surface area contributed by atoms with Crippen LogP contribution in [-0.2, 0) is 23.8 Å². The molecule has 0 heterocycles. The van der Waals surface area contributed by atoms with Gasteiger partial charge in [-0.05, 0) is 77.0 Å². The summed E-state index contributed by atoms with van der Waals surface area (Å²) in [5, 5.41) is 0. The molecule has 0 rings (SSSR count). The van der Waals surface area contributed by atoms with Gasteiger partial charge >= 0.3 is 11.9 Å². The summed E-state index contributed by atoms with van der Waals surface area (Å²) >= 11 is 0. The molecule has 0 radical (unpaired) electrons. The molecule has 0 aromatic heterocycles. The third-order valence-electron chi connectivity index (χ3n) is 12.2. The van der Waals surface area contributed by atoms with E-state index in [9.17, 15) is 9.59 Å². The van der Waals surface area contributed by atoms with Gasteiger partial charge in [0.15, 0.2) is 6.10 Å². The number of rotatable bonds is 52. The summed E-state index contributed by atoms with van der Waals surface area (Å²) in [4.78, 5) is 25.4. The van der Waals surface area contributed by atoms with E-state index in [0.29, 0.717) is 25.9 Å². The van der Waals surface area contributed by atoms with Crippen LogP contribution < -0.4 is 0 Å². The van der Waals surface area contributed by atoms with Crippen molar-refractivity contribution in [1.82, 2.24) is 0 Å². The topological polar surface area (TPSA) is 61.8 Å². The van der Waals surface area contributed by atoms with Crippen molar-refractivity contribution in [3.05, 3.63) is 72.9 Å². The second-order valence-corrected chi connectivity index (χ2v) is 18.8. The van der Waals surface area contributed by atoms with Crippen LogP contribution in [0.1, 0.15) is 278 Å². The summed E-state index contributed by atoms with van der Waals surface area (Å²) in [5.41, 5.74) is 0. The Labute approximate surface area is 410 Å². The van der Waals surface area contributed by atoms with Crippen molar-refractivity contribution in [1.29, 1.82) is 0 Å². The first-order valence-electron chi connectivity index (χ1n) is 28.5. The lowest BCUT2D eigenvalue weighted by Crippen LogP contribution is -2.30. The molecule has 0 bridgehead atoms. The predicted octanol–water partition coefficient (Wildman–Crippen LogP) is 19.5. The number of carbonyl (C=O) groups excluding carboxylic acids is 2. The molecule has 66 heavy (non-hydrogen) atoms. The molecule has 0 amide bonds. The Hall–Kier alpha value is -2.66. The molecule has 1 atom stereocenters. The predicted molar refractivity (Wildman–Crippen MR) is 288 cm³/mol. The van der Waals surface area contributed by atoms with Crippen molar-refractivity contribution >= 4 is 11.9 Å². The Bertz CT molecular complexity index is 1180. The van der Waals surface area contributed by atoms with E-state index < -0.39 is 6.10 Å². The zero-order chi connectivity index (χ0) is 47.7. The fraction of sp³-hybridized carbons (Fsp3) is 0.770. The molecule has 0 N–H and O–H groups in total. The molecule has 5 heteroatoms. The van der Waals surface area contributed by atoms with Crippen LogP contribution in [0.4, 0.5) is 0 Å². The standard InChI is InChI=1S/C61H108O5/c1-4-7-10-13-16-19-22-25-27-29-30-31-33-35-38-41-44-47-50-53-56-64-57-59(66-61(63)55-52-49-46-43-40-36-24-21-18-15-12-9-6-3)58-65-60(62)54-51-48-45-42-39-37-34-32-28-26-23-20-17-14-11-8-5-2/h9,12,17-18,20-21,26,28,36,40,46,49,59H,4-8,10-11,13-16,19,22-25,27,29-35,37-39,41-45,47-48,50-58H2,1-3H3/b12-9-,20-17-,21-18-,28-26-,40-36-,49-46-. The van der Waals surface area contributed by atoms with E-state index in [2.05, 4.69) is 87.6 Å². The number of unbranched alkanes of at least 4 members (excludes halogenated alkanes) is 29. The summed E-state index contributed by atoms with van der Waals surface area (Å²) < 4.78 is 17.4. The molecular formula is C61H108O5. The molecule has 0 aliphatic rings. The van der Waals surface area contributed by atoms with Crippen molar-refractivity contribution in [2.75, 3.05) is 19.8 Å². The number of ether oxygens (including phenoxy) is 3. The Kier molecular flexibility index (Phi) is 54.4. The van der Waals surface area contributed by atoms with Gasteiger partial charge in [0.25, 0.3) is 0 Å². The van der Waals surface area contributed by atoms with Gasteiger partial charge in [0, 0.05) is 19.4 Å². The van der Waals surface area contributed by atoms with Crippen LogP contribution in [0.3, 0.4) is 0 Å². The van der Waals surface area contributed by atoms with Crippen LogP contribution in [0.25, 0.3) is 0 Å². The maximum Gasteiger partial charge on any atom is 0.306 e. The largest absolute Gasteiger partial charge is 0.462 e. The van der Waals surface area contributed by atoms with Crippen LogP contribution in [0.2, 0.25) is 0 Å². The lowest BCUT2D eigenvalue weighted by molar-refractivity contribution is -0.162. The third kappa shape index (κ3) is 54.0. The fourth-order valence-electron chi connectivity index (χ4n) is 8.03. The maximum atomic E-state index is 12.8. The highest BCUT2D eigenvalue weighted by atomic mass is 16.6. The van der Waals surface area contributed by atoms with E-state index in [1.54, 1.807) is 0 Å². The van der Waals surface area contributed by atoms with Crippen molar-refractivity contribution in [3.63, 3.8) is 0 Å². The first-order valence-corrected chi connectivity index (χ1v) is 28.5. The Balaban J connectivity index is 4.28. The number of esters is 2. The summed E-state index contributed by atoms with van der Waals surface area (Å²) in [6, 6.07) is 0. The van der Waals surface area contributed by atoms with Gasteiger partial charge in [-0.15, -0.1) is 0 Å². The van der Waals surface area contributed by atoms with Gasteiger partial charge < -0.3 is 14.2 Å². The Morgan fingerprint density at radius 1 is 0.348 bits per heavy atom. The molecule has 0 aliphatic heterocycles. The molecule has 0 saturated heterocycles. The zero-order valence-electron chi connectivity index (χ0n) is 44.0. The molecule has 382 valence electrons. The molecule has 0 spiro atoms. The normalized spacial score (nSPS) is 12.7. The van der Waals surface area contributed by atoms with Gasteiger partial charge in [0.2, 0.25) is 0 Å². The van der Waals surface area contributed by atoms with E-state index in [4.69, 9.17) is 14.2 Å². The summed E-state index contributed by atoms with van der Waals surface area (Å²) in [7, 11) is 0. The van der Waals surface area contributed by atoms with E-state index in [1.165, 1.54) is 173 Å². The minimum atomic E-state index is -0.578. The molecule has 0 aliphatic carbocycles. The highest BCUT2D eigenvalue weighted by Gasteiger charge is 2.17. The van der Waals surface area contributed by atoms with Crippen LogP contribution in [0.5, 0.6) is 0 Å². The summed E-state index contributed by atoms with van der Waals surface area (Å²) in [6.45, 7) is 7.64. The van der Waals surface area contributed by atoms with Gasteiger partial charge in [-0.25, -0.2) is 0 Å². The fourth-order valence-corrected chi connectivity index (χ4v) is 8.03. The van der Waals surface area contributed by atoms with Gasteiger partial charge in [-0.1, -0.05) is 261 Å². The summed E-state index contributed by atoms with van der Waals surface area (Å²) in [5.74, 6) is -0.491. The van der Waals surface area contributed by atoms with Gasteiger partial charge in [-0.2, -0.15) is 0 Å². The molecule has 5 nitrogen and oxygen atoms in total. The summed E-state index contributed by atoms with van der Waals surface area (Å²) in [6.07, 6.45) is 73.7. The van der Waals surface area contributed by atoms with E-state index in [-0.39, 0.29) is 25.2 Å². The van der Waals surface area contributed by atoms with Gasteiger partial charge in [0.1, 0.15) is 6.61 Å². The van der Waals surface area contributed by atoms with Crippen LogP contribution >= 0.6 is 0 Å². The highest BCUT2D eigenvalue weighted by molar-refractivity contribution is 5.70.